The highest BCUT2D eigenvalue weighted by Gasteiger charge is 2.21. The molecule has 1 aromatic heterocycles. The lowest BCUT2D eigenvalue weighted by Crippen LogP contribution is -2.37. The Kier molecular flexibility index (Phi) is 9.87. The van der Waals surface area contributed by atoms with Gasteiger partial charge in [0.25, 0.3) is 0 Å². The molecule has 0 spiro atoms. The lowest BCUT2D eigenvalue weighted by Gasteiger charge is -2.23. The lowest BCUT2D eigenvalue weighted by molar-refractivity contribution is -0.142. The number of pyridine rings is 1. The zero-order chi connectivity index (χ0) is 30.9. The van der Waals surface area contributed by atoms with Crippen molar-refractivity contribution in [1.29, 1.82) is 0 Å². The fourth-order valence-corrected chi connectivity index (χ4v) is 5.37. The first-order valence-electron chi connectivity index (χ1n) is 14.9. The van der Waals surface area contributed by atoms with Gasteiger partial charge in [0.15, 0.2) is 0 Å². The smallest absolute Gasteiger partial charge is 0.315 e. The first-order chi connectivity index (χ1) is 21.5. The second-order valence-electron chi connectivity index (χ2n) is 10.5. The molecule has 0 saturated heterocycles. The van der Waals surface area contributed by atoms with Crippen LogP contribution in [0.4, 0.5) is 4.79 Å². The second-order valence-corrected chi connectivity index (χ2v) is 10.5. The number of benzene rings is 4. The third-order valence-electron chi connectivity index (χ3n) is 7.58. The van der Waals surface area contributed by atoms with Gasteiger partial charge >= 0.3 is 12.0 Å². The van der Waals surface area contributed by atoms with E-state index >= 15 is 0 Å². The van der Waals surface area contributed by atoms with Crippen molar-refractivity contribution in [2.45, 2.75) is 39.3 Å². The minimum atomic E-state index is -0.304. The Hall–Kier alpha value is -5.17. The molecular weight excluding hydrogens is 550 g/mol. The van der Waals surface area contributed by atoms with Crippen molar-refractivity contribution < 1.29 is 19.1 Å². The minimum Gasteiger partial charge on any atom is -0.496 e. The van der Waals surface area contributed by atoms with Crippen LogP contribution in [0.5, 0.6) is 5.75 Å². The van der Waals surface area contributed by atoms with Gasteiger partial charge in [-0.2, -0.15) is 0 Å². The Morgan fingerprint density at radius 2 is 1.61 bits per heavy atom. The summed E-state index contributed by atoms with van der Waals surface area (Å²) in [6, 6.07) is 31.5. The van der Waals surface area contributed by atoms with Gasteiger partial charge in [-0.1, -0.05) is 67.6 Å². The molecule has 0 aliphatic carbocycles. The molecule has 1 heterocycles. The maximum absolute atomic E-state index is 13.2. The Bertz CT molecular complexity index is 1750. The molecule has 0 radical (unpaired) electrons. The monoisotopic (exact) mass is 587 g/mol. The van der Waals surface area contributed by atoms with Gasteiger partial charge in [0.1, 0.15) is 5.75 Å². The summed E-state index contributed by atoms with van der Waals surface area (Å²) in [5.74, 6) is 0.389. The number of hydrogen-bond acceptors (Lipinski definition) is 5. The molecular formula is C37H37N3O4. The third-order valence-corrected chi connectivity index (χ3v) is 7.58. The number of nitrogens with zero attached hydrogens (tertiary/aromatic N) is 1. The van der Waals surface area contributed by atoms with Crippen molar-refractivity contribution in [2.75, 3.05) is 13.7 Å². The summed E-state index contributed by atoms with van der Waals surface area (Å²) in [5.41, 5.74) is 7.52. The van der Waals surface area contributed by atoms with Gasteiger partial charge in [0, 0.05) is 23.7 Å². The number of esters is 1. The lowest BCUT2D eigenvalue weighted by atomic mass is 9.88. The molecule has 2 N–H and O–H groups in total. The largest absolute Gasteiger partial charge is 0.496 e. The maximum Gasteiger partial charge on any atom is 0.315 e. The standard InChI is InChI=1S/C37H37N3O4/c1-4-33(40-37(42)39-24-25-10-7-6-8-11-25)31-23-28(27-15-17-34-29(22-27)12-9-19-38-34)14-16-30(31)32-20-26(13-18-35(32)43-3)21-36(41)44-5-2/h6-20,22-23,33H,4-5,21,24H2,1-3H3,(H2,39,40,42). The van der Waals surface area contributed by atoms with E-state index in [4.69, 9.17) is 9.47 Å². The average molecular weight is 588 g/mol. The molecule has 0 fully saturated rings. The molecule has 2 amide bonds. The van der Waals surface area contributed by atoms with Crippen LogP contribution < -0.4 is 15.4 Å². The zero-order valence-corrected chi connectivity index (χ0v) is 25.3. The topological polar surface area (TPSA) is 89.6 Å². The van der Waals surface area contributed by atoms with Gasteiger partial charge < -0.3 is 20.1 Å². The van der Waals surface area contributed by atoms with E-state index < -0.39 is 0 Å². The summed E-state index contributed by atoms with van der Waals surface area (Å²) < 4.78 is 11.0. The number of carbonyl (C=O) groups excluding carboxylic acids is 2. The average Bonchev–Trinajstić information content (AvgIpc) is 3.06. The van der Waals surface area contributed by atoms with E-state index in [2.05, 4.69) is 58.9 Å². The highest BCUT2D eigenvalue weighted by atomic mass is 16.5. The molecule has 5 rings (SSSR count). The number of aromatic nitrogens is 1. The van der Waals surface area contributed by atoms with Crippen LogP contribution in [0, 0.1) is 0 Å². The van der Waals surface area contributed by atoms with Crippen molar-refractivity contribution in [3.63, 3.8) is 0 Å². The minimum absolute atomic E-state index is 0.153. The van der Waals surface area contributed by atoms with Crippen molar-refractivity contribution in [2.24, 2.45) is 0 Å². The van der Waals surface area contributed by atoms with E-state index in [0.717, 1.165) is 49.8 Å². The van der Waals surface area contributed by atoms with Crippen molar-refractivity contribution in [3.8, 4) is 28.0 Å². The summed E-state index contributed by atoms with van der Waals surface area (Å²) in [6.07, 6.45) is 2.60. The molecule has 0 aliphatic heterocycles. The fourth-order valence-electron chi connectivity index (χ4n) is 5.37. The number of ether oxygens (including phenoxy) is 2. The van der Waals surface area contributed by atoms with Crippen LogP contribution in [0.15, 0.2) is 103 Å². The molecule has 7 heteroatoms. The number of urea groups is 1. The number of hydrogen-bond donors (Lipinski definition) is 2. The van der Waals surface area contributed by atoms with Gasteiger partial charge in [-0.3, -0.25) is 9.78 Å². The summed E-state index contributed by atoms with van der Waals surface area (Å²) in [6.45, 7) is 4.60. The number of fused-ring (bicyclic) bond motifs is 1. The fraction of sp³-hybridized carbons (Fsp3) is 0.216. The summed E-state index contributed by atoms with van der Waals surface area (Å²) in [4.78, 5) is 29.9. The molecule has 0 bridgehead atoms. The number of amides is 2. The van der Waals surface area contributed by atoms with Crippen LogP contribution in [0.3, 0.4) is 0 Å². The van der Waals surface area contributed by atoms with Gasteiger partial charge in [0.2, 0.25) is 0 Å². The van der Waals surface area contributed by atoms with E-state index in [1.54, 1.807) is 20.2 Å². The maximum atomic E-state index is 13.2. The van der Waals surface area contributed by atoms with E-state index in [9.17, 15) is 9.59 Å². The van der Waals surface area contributed by atoms with Crippen LogP contribution in [0.1, 0.15) is 43.0 Å². The van der Waals surface area contributed by atoms with E-state index in [1.165, 1.54) is 0 Å². The van der Waals surface area contributed by atoms with Crippen LogP contribution in [-0.4, -0.2) is 30.7 Å². The molecule has 44 heavy (non-hydrogen) atoms. The predicted octanol–water partition coefficient (Wildman–Crippen LogP) is 7.63. The van der Waals surface area contributed by atoms with Crippen LogP contribution in [0.25, 0.3) is 33.2 Å². The summed E-state index contributed by atoms with van der Waals surface area (Å²) >= 11 is 0. The Balaban J connectivity index is 1.55. The quantitative estimate of drug-likeness (QED) is 0.155. The number of nitrogens with one attached hydrogen (secondary N) is 2. The molecule has 1 unspecified atom stereocenters. The van der Waals surface area contributed by atoms with Gasteiger partial charge in [-0.25, -0.2) is 4.79 Å². The van der Waals surface area contributed by atoms with Crippen LogP contribution >= 0.6 is 0 Å². The molecule has 7 nitrogen and oxygen atoms in total. The van der Waals surface area contributed by atoms with E-state index in [0.29, 0.717) is 25.3 Å². The van der Waals surface area contributed by atoms with Crippen molar-refractivity contribution in [3.05, 3.63) is 120 Å². The SMILES string of the molecule is CCOC(=O)Cc1ccc(OC)c(-c2ccc(-c3ccc4ncccc4c3)cc2C(CC)NC(=O)NCc2ccccc2)c1. The Morgan fingerprint density at radius 3 is 2.39 bits per heavy atom. The molecule has 5 aromatic rings. The first kappa shape index (κ1) is 30.3. The summed E-state index contributed by atoms with van der Waals surface area (Å²) in [5, 5.41) is 7.24. The van der Waals surface area contributed by atoms with E-state index in [1.807, 2.05) is 60.7 Å². The van der Waals surface area contributed by atoms with Crippen LogP contribution in [0.2, 0.25) is 0 Å². The summed E-state index contributed by atoms with van der Waals surface area (Å²) in [7, 11) is 1.63. The number of methoxy groups -OCH3 is 1. The van der Waals surface area contributed by atoms with Crippen molar-refractivity contribution >= 4 is 22.9 Å². The third kappa shape index (κ3) is 7.24. The van der Waals surface area contributed by atoms with E-state index in [-0.39, 0.29) is 24.5 Å². The zero-order valence-electron chi connectivity index (χ0n) is 25.3. The highest BCUT2D eigenvalue weighted by Crippen LogP contribution is 2.39. The number of carbonyl (C=O) groups is 2. The Labute approximate surface area is 258 Å². The van der Waals surface area contributed by atoms with Crippen molar-refractivity contribution in [1.82, 2.24) is 15.6 Å². The second kappa shape index (κ2) is 14.3. The van der Waals surface area contributed by atoms with Gasteiger partial charge in [-0.15, -0.1) is 0 Å². The van der Waals surface area contributed by atoms with Crippen LogP contribution in [-0.2, 0) is 22.5 Å². The molecule has 0 saturated carbocycles. The highest BCUT2D eigenvalue weighted by molar-refractivity contribution is 5.86. The molecule has 4 aromatic carbocycles. The molecule has 1 atom stereocenters. The molecule has 0 aliphatic rings. The number of rotatable bonds is 11. The first-order valence-corrected chi connectivity index (χ1v) is 14.9. The molecule has 224 valence electrons. The Morgan fingerprint density at radius 1 is 0.818 bits per heavy atom. The van der Waals surface area contributed by atoms with Gasteiger partial charge in [0.05, 0.1) is 31.7 Å². The normalized spacial score (nSPS) is 11.5. The van der Waals surface area contributed by atoms with Gasteiger partial charge in [-0.05, 0) is 83.1 Å². The predicted molar refractivity (Wildman–Crippen MR) is 174 cm³/mol.